The zero-order valence-corrected chi connectivity index (χ0v) is 28.9. The minimum Gasteiger partial charge on any atom is -0.460 e. The van der Waals surface area contributed by atoms with E-state index in [4.69, 9.17) is 20.6 Å². The molecular formula is C32H44IN5O7. The molecule has 6 N–H and O–H groups in total. The quantitative estimate of drug-likeness (QED) is 0.0898. The molecule has 0 saturated carbocycles. The first-order valence-corrected chi connectivity index (χ1v) is 14.2. The molecule has 246 valence electrons. The number of nitrogen functional groups attached to an aromatic ring is 1. The average Bonchev–Trinajstić information content (AvgIpc) is 2.90. The van der Waals surface area contributed by atoms with E-state index in [1.165, 1.54) is 24.3 Å². The van der Waals surface area contributed by atoms with Crippen LogP contribution >= 0.6 is 24.0 Å². The summed E-state index contributed by atoms with van der Waals surface area (Å²) >= 11 is 0. The van der Waals surface area contributed by atoms with Crippen LogP contribution in [0.2, 0.25) is 0 Å². The molecule has 0 unspecified atom stereocenters. The Balaban J connectivity index is 0.0000101. The van der Waals surface area contributed by atoms with Gasteiger partial charge in [0.15, 0.2) is 0 Å². The molecule has 0 radical (unpaired) electrons. The summed E-state index contributed by atoms with van der Waals surface area (Å²) in [6.45, 7) is 10.1. The number of carbonyl (C=O) groups excluding carboxylic acids is 5. The molecule has 12 nitrogen and oxygen atoms in total. The van der Waals surface area contributed by atoms with E-state index in [1.54, 1.807) is 65.8 Å². The number of rotatable bonds is 13. The molecule has 0 heterocycles. The Bertz CT molecular complexity index is 1340. The molecule has 45 heavy (non-hydrogen) atoms. The minimum atomic E-state index is -1.37. The lowest BCUT2D eigenvalue weighted by atomic mass is 10.0. The molecule has 0 bridgehead atoms. The van der Waals surface area contributed by atoms with Crippen LogP contribution in [0.5, 0.6) is 0 Å². The highest BCUT2D eigenvalue weighted by Crippen LogP contribution is 2.13. The molecule has 13 heteroatoms. The highest BCUT2D eigenvalue weighted by molar-refractivity contribution is 14.0. The zero-order valence-electron chi connectivity index (χ0n) is 26.5. The highest BCUT2D eigenvalue weighted by Gasteiger charge is 2.32. The van der Waals surface area contributed by atoms with E-state index < -0.39 is 59.4 Å². The van der Waals surface area contributed by atoms with Gasteiger partial charge >= 0.3 is 11.9 Å². The van der Waals surface area contributed by atoms with E-state index in [9.17, 15) is 24.0 Å². The van der Waals surface area contributed by atoms with Crippen molar-refractivity contribution in [3.05, 3.63) is 71.3 Å². The number of amidine groups is 1. The second kappa shape index (κ2) is 17.5. The number of amides is 3. The van der Waals surface area contributed by atoms with Crippen LogP contribution < -0.4 is 21.7 Å². The van der Waals surface area contributed by atoms with Crippen LogP contribution in [0.25, 0.3) is 0 Å². The predicted octanol–water partition coefficient (Wildman–Crippen LogP) is 2.99. The van der Waals surface area contributed by atoms with Gasteiger partial charge in [-0.15, -0.1) is 24.0 Å². The van der Waals surface area contributed by atoms with Crippen molar-refractivity contribution in [2.24, 2.45) is 5.73 Å². The maximum atomic E-state index is 13.5. The fourth-order valence-corrected chi connectivity index (χ4v) is 3.91. The molecule has 0 aliphatic carbocycles. The topological polar surface area (TPSA) is 190 Å². The van der Waals surface area contributed by atoms with Gasteiger partial charge in [0.1, 0.15) is 29.1 Å². The Kier molecular flexibility index (Phi) is 15.1. The normalized spacial score (nSPS) is 12.4. The maximum Gasteiger partial charge on any atom is 0.329 e. The first-order chi connectivity index (χ1) is 20.4. The van der Waals surface area contributed by atoms with Crippen LogP contribution in [0.4, 0.5) is 0 Å². The second-order valence-electron chi connectivity index (χ2n) is 12.2. The molecule has 2 atom stereocenters. The highest BCUT2D eigenvalue weighted by atomic mass is 127. The van der Waals surface area contributed by atoms with E-state index in [1.807, 2.05) is 6.07 Å². The van der Waals surface area contributed by atoms with Crippen LogP contribution in [-0.4, -0.2) is 65.3 Å². The van der Waals surface area contributed by atoms with Gasteiger partial charge in [-0.2, -0.15) is 0 Å². The summed E-state index contributed by atoms with van der Waals surface area (Å²) in [5, 5.41) is 15.2. The summed E-state index contributed by atoms with van der Waals surface area (Å²) in [4.78, 5) is 64.5. The van der Waals surface area contributed by atoms with Gasteiger partial charge in [-0.1, -0.05) is 42.5 Å². The van der Waals surface area contributed by atoms with Crippen molar-refractivity contribution in [1.82, 2.24) is 16.0 Å². The number of benzene rings is 2. The van der Waals surface area contributed by atoms with Crippen LogP contribution in [-0.2, 0) is 35.1 Å². The van der Waals surface area contributed by atoms with Gasteiger partial charge < -0.3 is 31.2 Å². The summed E-state index contributed by atoms with van der Waals surface area (Å²) in [5.41, 5.74) is 5.32. The third-order valence-corrected chi connectivity index (χ3v) is 5.83. The van der Waals surface area contributed by atoms with E-state index in [0.29, 0.717) is 11.1 Å². The Morgan fingerprint density at radius 2 is 1.36 bits per heavy atom. The smallest absolute Gasteiger partial charge is 0.329 e. The van der Waals surface area contributed by atoms with Gasteiger partial charge in [-0.3, -0.25) is 24.6 Å². The van der Waals surface area contributed by atoms with Crippen LogP contribution in [0.3, 0.4) is 0 Å². The van der Waals surface area contributed by atoms with Gasteiger partial charge in [0, 0.05) is 30.5 Å². The molecule has 2 rings (SSSR count). The SMILES string of the molecule is CC(C)(C)OC(=O)C[C@H](NC(=O)CCNC(=O)c1ccc(C(=N)N)cc1)C(=O)N[C@@H](Cc1ccccc1)C(=O)OC(C)(C)C.I. The molecule has 0 fully saturated rings. The Morgan fingerprint density at radius 3 is 1.89 bits per heavy atom. The predicted molar refractivity (Wildman–Crippen MR) is 180 cm³/mol. The molecule has 0 aliphatic heterocycles. The lowest BCUT2D eigenvalue weighted by Crippen LogP contribution is -2.54. The Morgan fingerprint density at radius 1 is 0.800 bits per heavy atom. The zero-order chi connectivity index (χ0) is 33.1. The minimum absolute atomic E-state index is 0. The molecule has 0 aliphatic rings. The second-order valence-corrected chi connectivity index (χ2v) is 12.2. The Hall–Kier alpha value is -4.01. The van der Waals surface area contributed by atoms with Crippen molar-refractivity contribution in [1.29, 1.82) is 5.41 Å². The van der Waals surface area contributed by atoms with E-state index in [0.717, 1.165) is 5.56 Å². The molecule has 0 saturated heterocycles. The standard InChI is InChI=1S/C32H43N5O7.HI/c1-31(2,3)43-26(39)19-23(36-25(38)16-17-35-28(40)22-14-12-21(13-15-22)27(33)34)29(41)37-24(30(42)44-32(4,5)6)18-20-10-8-7-9-11-20;/h7-15,23-24H,16-19H2,1-6H3,(H3,33,34)(H,35,40)(H,36,38)(H,37,41);1H/t23-,24-;/m0./s1. The van der Waals surface area contributed by atoms with Crippen molar-refractivity contribution in [3.63, 3.8) is 0 Å². The van der Waals surface area contributed by atoms with E-state index in [2.05, 4.69) is 16.0 Å². The fourth-order valence-electron chi connectivity index (χ4n) is 3.91. The largest absolute Gasteiger partial charge is 0.460 e. The monoisotopic (exact) mass is 737 g/mol. The van der Waals surface area contributed by atoms with Crippen molar-refractivity contribution in [2.75, 3.05) is 6.54 Å². The number of ether oxygens (including phenoxy) is 2. The number of nitrogens with two attached hydrogens (primary N) is 1. The summed E-state index contributed by atoms with van der Waals surface area (Å²) in [7, 11) is 0. The van der Waals surface area contributed by atoms with Crippen molar-refractivity contribution >= 4 is 59.5 Å². The third kappa shape index (κ3) is 15.0. The van der Waals surface area contributed by atoms with Crippen LogP contribution in [0.15, 0.2) is 54.6 Å². The number of carbonyl (C=O) groups is 5. The van der Waals surface area contributed by atoms with Gasteiger partial charge in [0.25, 0.3) is 5.91 Å². The first kappa shape index (κ1) is 39.0. The van der Waals surface area contributed by atoms with Crippen molar-refractivity contribution in [2.45, 2.75) is 84.1 Å². The van der Waals surface area contributed by atoms with Crippen LogP contribution in [0.1, 0.15) is 75.9 Å². The molecule has 2 aromatic rings. The summed E-state index contributed by atoms with van der Waals surface area (Å²) in [5.74, 6) is -3.36. The number of hydrogen-bond donors (Lipinski definition) is 5. The average molecular weight is 738 g/mol. The summed E-state index contributed by atoms with van der Waals surface area (Å²) in [6.07, 6.45) is -0.570. The molecule has 0 spiro atoms. The molecule has 2 aromatic carbocycles. The third-order valence-electron chi connectivity index (χ3n) is 5.83. The number of esters is 2. The number of halogens is 1. The van der Waals surface area contributed by atoms with Crippen molar-refractivity contribution < 1.29 is 33.4 Å². The van der Waals surface area contributed by atoms with Gasteiger partial charge in [0.2, 0.25) is 11.8 Å². The summed E-state index contributed by atoms with van der Waals surface area (Å²) in [6, 6.07) is 12.6. The van der Waals surface area contributed by atoms with E-state index in [-0.39, 0.29) is 49.2 Å². The number of nitrogens with one attached hydrogen (secondary N) is 4. The van der Waals surface area contributed by atoms with Gasteiger partial charge in [0.05, 0.1) is 6.42 Å². The van der Waals surface area contributed by atoms with E-state index >= 15 is 0 Å². The Labute approximate surface area is 281 Å². The molecular weight excluding hydrogens is 693 g/mol. The van der Waals surface area contributed by atoms with Gasteiger partial charge in [-0.05, 0) is 59.2 Å². The fraction of sp³-hybridized carbons (Fsp3) is 0.438. The lowest BCUT2D eigenvalue weighted by molar-refractivity contribution is -0.159. The van der Waals surface area contributed by atoms with Crippen LogP contribution in [0, 0.1) is 5.41 Å². The molecule has 3 amide bonds. The maximum absolute atomic E-state index is 13.5. The van der Waals surface area contributed by atoms with Crippen molar-refractivity contribution in [3.8, 4) is 0 Å². The first-order valence-electron chi connectivity index (χ1n) is 14.2. The molecule has 0 aromatic heterocycles. The van der Waals surface area contributed by atoms with Gasteiger partial charge in [-0.25, -0.2) is 4.79 Å². The summed E-state index contributed by atoms with van der Waals surface area (Å²) < 4.78 is 10.9. The number of hydrogen-bond acceptors (Lipinski definition) is 8. The lowest BCUT2D eigenvalue weighted by Gasteiger charge is -2.27.